The highest BCUT2D eigenvalue weighted by molar-refractivity contribution is 6.09. The van der Waals surface area contributed by atoms with Gasteiger partial charge in [0.1, 0.15) is 11.5 Å². The molecule has 0 aliphatic carbocycles. The van der Waals surface area contributed by atoms with Crippen molar-refractivity contribution in [3.8, 4) is 11.5 Å². The molecule has 0 radical (unpaired) electrons. The minimum atomic E-state index is -0.317. The fourth-order valence-corrected chi connectivity index (χ4v) is 1.66. The molecule has 0 unspecified atom stereocenters. The summed E-state index contributed by atoms with van der Waals surface area (Å²) in [5.41, 5.74) is 0.980. The zero-order valence-corrected chi connectivity index (χ0v) is 11.0. The Hall–Kier alpha value is -2.62. The molecule has 102 valence electrons. The second-order valence-corrected chi connectivity index (χ2v) is 4.23. The van der Waals surface area contributed by atoms with Gasteiger partial charge in [-0.05, 0) is 48.5 Å². The quantitative estimate of drug-likeness (QED) is 0.527. The van der Waals surface area contributed by atoms with Crippen molar-refractivity contribution in [2.45, 2.75) is 13.3 Å². The summed E-state index contributed by atoms with van der Waals surface area (Å²) in [6.07, 6.45) is 0.300. The van der Waals surface area contributed by atoms with Gasteiger partial charge in [0.05, 0.1) is 0 Å². The molecule has 0 heterocycles. The molecule has 0 saturated carbocycles. The Balaban J connectivity index is 2.15. The van der Waals surface area contributed by atoms with Crippen LogP contribution in [0.2, 0.25) is 0 Å². The van der Waals surface area contributed by atoms with Crippen molar-refractivity contribution in [3.05, 3.63) is 59.7 Å². The topological polar surface area (TPSA) is 63.6 Å². The van der Waals surface area contributed by atoms with Crippen LogP contribution >= 0.6 is 0 Å². The number of rotatable bonds is 4. The number of aromatic hydroxyl groups is 1. The number of esters is 1. The first-order valence-corrected chi connectivity index (χ1v) is 6.24. The van der Waals surface area contributed by atoms with Crippen LogP contribution in [0, 0.1) is 0 Å². The van der Waals surface area contributed by atoms with Crippen molar-refractivity contribution >= 4 is 11.8 Å². The molecule has 4 heteroatoms. The molecule has 0 spiro atoms. The van der Waals surface area contributed by atoms with Gasteiger partial charge in [-0.3, -0.25) is 9.59 Å². The van der Waals surface area contributed by atoms with Gasteiger partial charge in [0.25, 0.3) is 0 Å². The third kappa shape index (κ3) is 3.23. The van der Waals surface area contributed by atoms with Crippen LogP contribution in [-0.2, 0) is 4.79 Å². The summed E-state index contributed by atoms with van der Waals surface area (Å²) in [5, 5.41) is 9.19. The van der Waals surface area contributed by atoms with E-state index in [-0.39, 0.29) is 17.5 Å². The van der Waals surface area contributed by atoms with Crippen LogP contribution in [0.1, 0.15) is 29.3 Å². The SMILES string of the molecule is CCC(=O)Oc1ccc(C(=O)c2ccc(O)cc2)cc1. The molecule has 0 aromatic heterocycles. The van der Waals surface area contributed by atoms with Crippen molar-refractivity contribution in [1.29, 1.82) is 0 Å². The Bertz CT molecular complexity index is 612. The zero-order chi connectivity index (χ0) is 14.5. The molecule has 0 aliphatic rings. The number of hydrogen-bond acceptors (Lipinski definition) is 4. The van der Waals surface area contributed by atoms with Gasteiger partial charge in [0, 0.05) is 17.5 Å². The summed E-state index contributed by atoms with van der Waals surface area (Å²) in [4.78, 5) is 23.3. The monoisotopic (exact) mass is 270 g/mol. The van der Waals surface area contributed by atoms with E-state index >= 15 is 0 Å². The highest BCUT2D eigenvalue weighted by atomic mass is 16.5. The van der Waals surface area contributed by atoms with Crippen molar-refractivity contribution in [2.75, 3.05) is 0 Å². The summed E-state index contributed by atoms with van der Waals surface area (Å²) in [6.45, 7) is 1.71. The third-order valence-electron chi connectivity index (χ3n) is 2.77. The van der Waals surface area contributed by atoms with Gasteiger partial charge in [-0.1, -0.05) is 6.92 Å². The second-order valence-electron chi connectivity index (χ2n) is 4.23. The van der Waals surface area contributed by atoms with Gasteiger partial charge in [0.2, 0.25) is 0 Å². The summed E-state index contributed by atoms with van der Waals surface area (Å²) in [6, 6.07) is 12.4. The maximum Gasteiger partial charge on any atom is 0.310 e. The number of benzene rings is 2. The van der Waals surface area contributed by atoms with Crippen LogP contribution in [-0.4, -0.2) is 16.9 Å². The van der Waals surface area contributed by atoms with Crippen LogP contribution in [0.25, 0.3) is 0 Å². The Morgan fingerprint density at radius 1 is 0.950 bits per heavy atom. The lowest BCUT2D eigenvalue weighted by atomic mass is 10.0. The maximum absolute atomic E-state index is 12.2. The number of hydrogen-bond donors (Lipinski definition) is 1. The van der Waals surface area contributed by atoms with Crippen molar-refractivity contribution in [1.82, 2.24) is 0 Å². The van der Waals surface area contributed by atoms with Crippen molar-refractivity contribution in [3.63, 3.8) is 0 Å². The van der Waals surface area contributed by atoms with Gasteiger partial charge in [-0.2, -0.15) is 0 Å². The molecule has 2 aromatic rings. The summed E-state index contributed by atoms with van der Waals surface area (Å²) < 4.78 is 5.04. The summed E-state index contributed by atoms with van der Waals surface area (Å²) >= 11 is 0. The summed E-state index contributed by atoms with van der Waals surface area (Å²) in [7, 11) is 0. The lowest BCUT2D eigenvalue weighted by Gasteiger charge is -2.04. The fourth-order valence-electron chi connectivity index (χ4n) is 1.66. The van der Waals surface area contributed by atoms with Crippen LogP contribution in [0.4, 0.5) is 0 Å². The van der Waals surface area contributed by atoms with Gasteiger partial charge < -0.3 is 9.84 Å². The molecular weight excluding hydrogens is 256 g/mol. The van der Waals surface area contributed by atoms with Crippen LogP contribution in [0.3, 0.4) is 0 Å². The molecule has 4 nitrogen and oxygen atoms in total. The van der Waals surface area contributed by atoms with E-state index in [9.17, 15) is 14.7 Å². The van der Waals surface area contributed by atoms with E-state index < -0.39 is 0 Å². The van der Waals surface area contributed by atoms with E-state index in [0.717, 1.165) is 0 Å². The van der Waals surface area contributed by atoms with Gasteiger partial charge in [-0.25, -0.2) is 0 Å². The molecule has 0 fully saturated rings. The molecule has 0 amide bonds. The maximum atomic E-state index is 12.2. The largest absolute Gasteiger partial charge is 0.508 e. The first-order chi connectivity index (χ1) is 9.60. The number of carbonyl (C=O) groups is 2. The molecule has 1 N–H and O–H groups in total. The molecule has 0 aliphatic heterocycles. The Morgan fingerprint density at radius 3 is 1.95 bits per heavy atom. The number of ether oxygens (including phenoxy) is 1. The predicted molar refractivity (Wildman–Crippen MR) is 73.9 cm³/mol. The van der Waals surface area contributed by atoms with E-state index in [1.807, 2.05) is 0 Å². The van der Waals surface area contributed by atoms with Crippen LogP contribution in [0.15, 0.2) is 48.5 Å². The average Bonchev–Trinajstić information content (AvgIpc) is 2.48. The molecule has 0 saturated heterocycles. The number of carbonyl (C=O) groups excluding carboxylic acids is 2. The molecule has 20 heavy (non-hydrogen) atoms. The van der Waals surface area contributed by atoms with Crippen molar-refractivity contribution < 1.29 is 19.4 Å². The second kappa shape index (κ2) is 6.02. The first-order valence-electron chi connectivity index (χ1n) is 6.24. The fraction of sp³-hybridized carbons (Fsp3) is 0.125. The Labute approximate surface area is 116 Å². The highest BCUT2D eigenvalue weighted by Crippen LogP contribution is 2.17. The van der Waals surface area contributed by atoms with Gasteiger partial charge >= 0.3 is 5.97 Å². The average molecular weight is 270 g/mol. The van der Waals surface area contributed by atoms with E-state index in [2.05, 4.69) is 0 Å². The van der Waals surface area contributed by atoms with E-state index in [0.29, 0.717) is 23.3 Å². The zero-order valence-electron chi connectivity index (χ0n) is 11.0. The Morgan fingerprint density at radius 2 is 1.45 bits per heavy atom. The summed E-state index contributed by atoms with van der Waals surface area (Å²) in [5.74, 6) is 0.0588. The Kier molecular flexibility index (Phi) is 4.15. The van der Waals surface area contributed by atoms with E-state index in [1.165, 1.54) is 12.1 Å². The lowest BCUT2D eigenvalue weighted by molar-refractivity contribution is -0.134. The van der Waals surface area contributed by atoms with E-state index in [4.69, 9.17) is 4.74 Å². The van der Waals surface area contributed by atoms with E-state index in [1.54, 1.807) is 43.3 Å². The van der Waals surface area contributed by atoms with Gasteiger partial charge in [0.15, 0.2) is 5.78 Å². The number of phenols is 1. The normalized spacial score (nSPS) is 10.1. The number of ketones is 1. The van der Waals surface area contributed by atoms with Crippen molar-refractivity contribution in [2.24, 2.45) is 0 Å². The lowest BCUT2D eigenvalue weighted by Crippen LogP contribution is -2.06. The first kappa shape index (κ1) is 13.8. The minimum Gasteiger partial charge on any atom is -0.508 e. The van der Waals surface area contributed by atoms with Gasteiger partial charge in [-0.15, -0.1) is 0 Å². The van der Waals surface area contributed by atoms with Crippen LogP contribution in [0.5, 0.6) is 11.5 Å². The van der Waals surface area contributed by atoms with Crippen LogP contribution < -0.4 is 4.74 Å². The molecule has 2 aromatic carbocycles. The highest BCUT2D eigenvalue weighted by Gasteiger charge is 2.09. The third-order valence-corrected chi connectivity index (χ3v) is 2.77. The number of phenolic OH excluding ortho intramolecular Hbond substituents is 1. The molecule has 0 bridgehead atoms. The standard InChI is InChI=1S/C16H14O4/c1-2-15(18)20-14-9-5-12(6-10-14)16(19)11-3-7-13(17)8-4-11/h3-10,17H,2H2,1H3. The molecular formula is C16H14O4. The molecule has 2 rings (SSSR count). The predicted octanol–water partition coefficient (Wildman–Crippen LogP) is 2.94. The molecule has 0 atom stereocenters. The minimum absolute atomic E-state index is 0.114. The smallest absolute Gasteiger partial charge is 0.310 e.